The van der Waals surface area contributed by atoms with Gasteiger partial charge in [0.2, 0.25) is 5.91 Å². The third kappa shape index (κ3) is 4.31. The second-order valence-corrected chi connectivity index (χ2v) is 5.14. The number of hydrogen-bond acceptors (Lipinski definition) is 2. The predicted molar refractivity (Wildman–Crippen MR) is 82.5 cm³/mol. The van der Waals surface area contributed by atoms with E-state index >= 15 is 0 Å². The lowest BCUT2D eigenvalue weighted by Gasteiger charge is -2.18. The average molecular weight is 286 g/mol. The van der Waals surface area contributed by atoms with Crippen LogP contribution in [0.4, 0.5) is 10.1 Å². The minimum absolute atomic E-state index is 0.0379. The third-order valence-electron chi connectivity index (χ3n) is 3.27. The summed E-state index contributed by atoms with van der Waals surface area (Å²) in [6.07, 6.45) is 0.757. The lowest BCUT2D eigenvalue weighted by Crippen LogP contribution is -2.21. The highest BCUT2D eigenvalue weighted by Crippen LogP contribution is 2.18. The van der Waals surface area contributed by atoms with Crippen molar-refractivity contribution in [3.8, 4) is 0 Å². The summed E-state index contributed by atoms with van der Waals surface area (Å²) in [5.41, 5.74) is 7.64. The van der Waals surface area contributed by atoms with Crippen LogP contribution in [0.15, 0.2) is 48.5 Å². The first-order valence-electron chi connectivity index (χ1n) is 6.92. The number of anilines is 1. The smallest absolute Gasteiger partial charge is 0.221 e. The fourth-order valence-corrected chi connectivity index (χ4v) is 2.31. The first-order chi connectivity index (χ1) is 10.1. The molecule has 4 heteroatoms. The van der Waals surface area contributed by atoms with E-state index in [0.29, 0.717) is 12.0 Å². The van der Waals surface area contributed by atoms with E-state index in [9.17, 15) is 9.18 Å². The number of primary amides is 1. The SMILES string of the molecule is CC(Cc1ccccc1F)Nc1ccccc1CC(N)=O. The van der Waals surface area contributed by atoms with E-state index < -0.39 is 0 Å². The Morgan fingerprint density at radius 3 is 2.43 bits per heavy atom. The summed E-state index contributed by atoms with van der Waals surface area (Å²) in [7, 11) is 0. The lowest BCUT2D eigenvalue weighted by molar-refractivity contribution is -0.117. The zero-order valence-electron chi connectivity index (χ0n) is 12.0. The normalized spacial score (nSPS) is 11.9. The van der Waals surface area contributed by atoms with Crippen LogP contribution in [-0.4, -0.2) is 11.9 Å². The van der Waals surface area contributed by atoms with Crippen LogP contribution in [0.25, 0.3) is 0 Å². The topological polar surface area (TPSA) is 55.1 Å². The summed E-state index contributed by atoms with van der Waals surface area (Å²) in [6.45, 7) is 1.98. The van der Waals surface area contributed by atoms with Gasteiger partial charge < -0.3 is 11.1 Å². The fraction of sp³-hybridized carbons (Fsp3) is 0.235. The third-order valence-corrected chi connectivity index (χ3v) is 3.27. The van der Waals surface area contributed by atoms with E-state index in [1.807, 2.05) is 37.3 Å². The summed E-state index contributed by atoms with van der Waals surface area (Å²) < 4.78 is 13.7. The van der Waals surface area contributed by atoms with Crippen LogP contribution in [0, 0.1) is 5.82 Å². The molecule has 0 aliphatic rings. The molecule has 110 valence electrons. The largest absolute Gasteiger partial charge is 0.382 e. The molecule has 3 N–H and O–H groups in total. The molecular weight excluding hydrogens is 267 g/mol. The van der Waals surface area contributed by atoms with Gasteiger partial charge in [-0.1, -0.05) is 36.4 Å². The molecule has 2 aromatic carbocycles. The summed E-state index contributed by atoms with van der Waals surface area (Å²) in [6, 6.07) is 14.3. The molecule has 0 aliphatic carbocycles. The predicted octanol–water partition coefficient (Wildman–Crippen LogP) is 2.90. The van der Waals surface area contributed by atoms with Crippen LogP contribution in [0.2, 0.25) is 0 Å². The Kier molecular flexibility index (Phi) is 4.93. The van der Waals surface area contributed by atoms with Gasteiger partial charge in [-0.05, 0) is 36.6 Å². The molecule has 0 aromatic heterocycles. The van der Waals surface area contributed by atoms with Gasteiger partial charge >= 0.3 is 0 Å². The van der Waals surface area contributed by atoms with E-state index in [2.05, 4.69) is 5.32 Å². The first kappa shape index (κ1) is 15.0. The number of nitrogens with two attached hydrogens (primary N) is 1. The van der Waals surface area contributed by atoms with Crippen molar-refractivity contribution in [3.63, 3.8) is 0 Å². The molecule has 1 unspecified atom stereocenters. The highest BCUT2D eigenvalue weighted by Gasteiger charge is 2.10. The Balaban J connectivity index is 2.08. The molecule has 0 radical (unpaired) electrons. The molecule has 2 rings (SSSR count). The van der Waals surface area contributed by atoms with Crippen LogP contribution >= 0.6 is 0 Å². The molecule has 0 fully saturated rings. The molecule has 0 aliphatic heterocycles. The van der Waals surface area contributed by atoms with E-state index in [1.165, 1.54) is 6.07 Å². The van der Waals surface area contributed by atoms with Crippen molar-refractivity contribution in [2.45, 2.75) is 25.8 Å². The van der Waals surface area contributed by atoms with Gasteiger partial charge in [0.15, 0.2) is 0 Å². The number of carbonyl (C=O) groups is 1. The quantitative estimate of drug-likeness (QED) is 0.858. The standard InChI is InChI=1S/C17H19FN2O/c1-12(10-13-6-2-4-8-15(13)18)20-16-9-5-3-7-14(16)11-17(19)21/h2-9,12,20H,10-11H2,1H3,(H2,19,21). The molecule has 0 heterocycles. The van der Waals surface area contributed by atoms with Crippen LogP contribution in [0.1, 0.15) is 18.1 Å². The van der Waals surface area contributed by atoms with Gasteiger partial charge in [-0.25, -0.2) is 4.39 Å². The number of benzene rings is 2. The van der Waals surface area contributed by atoms with Crippen molar-refractivity contribution >= 4 is 11.6 Å². The Bertz CT molecular complexity index is 628. The number of halogens is 1. The molecule has 0 saturated carbocycles. The maximum atomic E-state index is 13.7. The van der Waals surface area contributed by atoms with E-state index in [4.69, 9.17) is 5.73 Å². The van der Waals surface area contributed by atoms with Crippen molar-refractivity contribution in [2.24, 2.45) is 5.73 Å². The number of hydrogen-bond donors (Lipinski definition) is 2. The van der Waals surface area contributed by atoms with Crippen molar-refractivity contribution < 1.29 is 9.18 Å². The highest BCUT2D eigenvalue weighted by atomic mass is 19.1. The van der Waals surface area contributed by atoms with Crippen molar-refractivity contribution in [2.75, 3.05) is 5.32 Å². The number of carbonyl (C=O) groups excluding carboxylic acids is 1. The Morgan fingerprint density at radius 2 is 1.76 bits per heavy atom. The van der Waals surface area contributed by atoms with Crippen molar-refractivity contribution in [1.29, 1.82) is 0 Å². The first-order valence-corrected chi connectivity index (χ1v) is 6.92. The molecule has 1 amide bonds. The zero-order valence-corrected chi connectivity index (χ0v) is 12.0. The van der Waals surface area contributed by atoms with E-state index in [0.717, 1.165) is 11.3 Å². The second-order valence-electron chi connectivity index (χ2n) is 5.14. The van der Waals surface area contributed by atoms with E-state index in [1.54, 1.807) is 12.1 Å². The summed E-state index contributed by atoms with van der Waals surface area (Å²) >= 11 is 0. The molecular formula is C17H19FN2O. The minimum Gasteiger partial charge on any atom is -0.382 e. The van der Waals surface area contributed by atoms with Crippen LogP contribution in [-0.2, 0) is 17.6 Å². The van der Waals surface area contributed by atoms with Gasteiger partial charge in [0, 0.05) is 11.7 Å². The maximum Gasteiger partial charge on any atom is 0.221 e. The molecule has 0 spiro atoms. The van der Waals surface area contributed by atoms with Gasteiger partial charge in [0.05, 0.1) is 6.42 Å². The molecule has 1 atom stereocenters. The van der Waals surface area contributed by atoms with Crippen molar-refractivity contribution in [3.05, 3.63) is 65.5 Å². The minimum atomic E-state index is -0.369. The molecule has 2 aromatic rings. The highest BCUT2D eigenvalue weighted by molar-refractivity contribution is 5.78. The monoisotopic (exact) mass is 286 g/mol. The lowest BCUT2D eigenvalue weighted by atomic mass is 10.0. The Hall–Kier alpha value is -2.36. The molecule has 3 nitrogen and oxygen atoms in total. The van der Waals surface area contributed by atoms with Gasteiger partial charge in [-0.2, -0.15) is 0 Å². The van der Waals surface area contributed by atoms with Crippen LogP contribution < -0.4 is 11.1 Å². The van der Waals surface area contributed by atoms with E-state index in [-0.39, 0.29) is 24.2 Å². The number of rotatable bonds is 6. The number of amides is 1. The van der Waals surface area contributed by atoms with Crippen LogP contribution in [0.3, 0.4) is 0 Å². The summed E-state index contributed by atoms with van der Waals surface area (Å²) in [5, 5.41) is 3.32. The number of nitrogens with one attached hydrogen (secondary N) is 1. The van der Waals surface area contributed by atoms with Gasteiger partial charge in [0.25, 0.3) is 0 Å². The molecule has 0 saturated heterocycles. The average Bonchev–Trinajstić information content (AvgIpc) is 2.43. The molecule has 0 bridgehead atoms. The fourth-order valence-electron chi connectivity index (χ4n) is 2.31. The van der Waals surface area contributed by atoms with Gasteiger partial charge in [-0.3, -0.25) is 4.79 Å². The maximum absolute atomic E-state index is 13.7. The Morgan fingerprint density at radius 1 is 1.14 bits per heavy atom. The Labute approximate surface area is 124 Å². The summed E-state index contributed by atoms with van der Waals surface area (Å²) in [4.78, 5) is 11.1. The number of para-hydroxylation sites is 1. The van der Waals surface area contributed by atoms with Crippen LogP contribution in [0.5, 0.6) is 0 Å². The molecule has 21 heavy (non-hydrogen) atoms. The second kappa shape index (κ2) is 6.88. The van der Waals surface area contributed by atoms with Crippen molar-refractivity contribution in [1.82, 2.24) is 0 Å². The zero-order chi connectivity index (χ0) is 15.2. The van der Waals surface area contributed by atoms with Gasteiger partial charge in [0.1, 0.15) is 5.82 Å². The van der Waals surface area contributed by atoms with Gasteiger partial charge in [-0.15, -0.1) is 0 Å². The summed E-state index contributed by atoms with van der Waals surface area (Å²) in [5.74, 6) is -0.567.